The maximum atomic E-state index is 13.2. The fourth-order valence-electron chi connectivity index (χ4n) is 4.24. The average molecular weight is 500 g/mol. The van der Waals surface area contributed by atoms with Crippen LogP contribution in [0.4, 0.5) is 11.5 Å². The highest BCUT2D eigenvalue weighted by molar-refractivity contribution is 6.16. The van der Waals surface area contributed by atoms with Crippen molar-refractivity contribution in [1.82, 2.24) is 25.5 Å². The lowest BCUT2D eigenvalue weighted by Crippen LogP contribution is -2.33. The number of carbonyl (C=O) groups excluding carboxylic acids is 3. The molecular weight excluding hydrogens is 470 g/mol. The average Bonchev–Trinajstić information content (AvgIpc) is 3.39. The maximum absolute atomic E-state index is 13.2. The molecule has 3 amide bonds. The largest absolute Gasteiger partial charge is 0.349 e. The number of carbonyl (C=O) groups is 3. The Kier molecular flexibility index (Phi) is 6.47. The molecular formula is C27H29N7O3. The fraction of sp³-hybridized carbons (Fsp3) is 0.296. The van der Waals surface area contributed by atoms with Gasteiger partial charge in [-0.1, -0.05) is 19.9 Å². The third-order valence-electron chi connectivity index (χ3n) is 6.32. The summed E-state index contributed by atoms with van der Waals surface area (Å²) in [7, 11) is 0. The number of nitrogens with one attached hydrogen (secondary N) is 4. The Morgan fingerprint density at radius 3 is 2.62 bits per heavy atom. The fourth-order valence-corrected chi connectivity index (χ4v) is 4.24. The van der Waals surface area contributed by atoms with Gasteiger partial charge in [0.1, 0.15) is 11.5 Å². The quantitative estimate of drug-likeness (QED) is 0.289. The summed E-state index contributed by atoms with van der Waals surface area (Å²) in [5.74, 6) is -0.578. The van der Waals surface area contributed by atoms with Crippen molar-refractivity contribution in [2.45, 2.75) is 39.7 Å². The maximum Gasteiger partial charge on any atom is 0.275 e. The van der Waals surface area contributed by atoms with Crippen LogP contribution in [0, 0.1) is 5.92 Å². The van der Waals surface area contributed by atoms with E-state index in [1.54, 1.807) is 35.5 Å². The molecule has 3 heterocycles. The first-order valence-corrected chi connectivity index (χ1v) is 12.4. The van der Waals surface area contributed by atoms with E-state index in [-0.39, 0.29) is 35.3 Å². The number of benzene rings is 1. The Morgan fingerprint density at radius 1 is 1.14 bits per heavy atom. The second kappa shape index (κ2) is 9.88. The topological polar surface area (TPSA) is 136 Å². The van der Waals surface area contributed by atoms with E-state index in [0.29, 0.717) is 28.7 Å². The minimum Gasteiger partial charge on any atom is -0.349 e. The lowest BCUT2D eigenvalue weighted by Gasteiger charge is -2.23. The molecule has 10 heteroatoms. The van der Waals surface area contributed by atoms with Crippen molar-refractivity contribution in [2.75, 3.05) is 16.8 Å². The van der Waals surface area contributed by atoms with E-state index in [9.17, 15) is 14.4 Å². The van der Waals surface area contributed by atoms with Gasteiger partial charge in [0.2, 0.25) is 5.91 Å². The highest BCUT2D eigenvalue weighted by Crippen LogP contribution is 2.32. The van der Waals surface area contributed by atoms with Crippen LogP contribution in [0.5, 0.6) is 0 Å². The number of hydrogen-bond donors (Lipinski definition) is 4. The molecule has 0 aliphatic heterocycles. The normalized spacial score (nSPS) is 13.1. The number of amides is 3. The summed E-state index contributed by atoms with van der Waals surface area (Å²) in [5, 5.41) is 13.2. The van der Waals surface area contributed by atoms with Gasteiger partial charge in [-0.25, -0.2) is 4.98 Å². The van der Waals surface area contributed by atoms with E-state index in [4.69, 9.17) is 0 Å². The van der Waals surface area contributed by atoms with E-state index in [1.165, 1.54) is 0 Å². The molecule has 1 fully saturated rings. The van der Waals surface area contributed by atoms with Gasteiger partial charge >= 0.3 is 0 Å². The van der Waals surface area contributed by atoms with Gasteiger partial charge in [0.15, 0.2) is 0 Å². The molecule has 190 valence electrons. The SMILES string of the molecule is CCN(C(=O)C(C)C)c1ccc2c(C(=O)NC3CC3)c(NC(=O)c3cccc(-c4cn[nH]c4)n3)[nH]c2c1. The zero-order chi connectivity index (χ0) is 26.1. The number of pyridine rings is 1. The summed E-state index contributed by atoms with van der Waals surface area (Å²) in [6, 6.07) is 10.8. The predicted molar refractivity (Wildman–Crippen MR) is 141 cm³/mol. The van der Waals surface area contributed by atoms with Crippen molar-refractivity contribution in [3.8, 4) is 11.3 Å². The van der Waals surface area contributed by atoms with Gasteiger partial charge in [0.05, 0.1) is 17.5 Å². The molecule has 1 aliphatic rings. The number of anilines is 2. The van der Waals surface area contributed by atoms with Crippen LogP contribution in [0.2, 0.25) is 0 Å². The minimum absolute atomic E-state index is 0.0113. The van der Waals surface area contributed by atoms with E-state index >= 15 is 0 Å². The summed E-state index contributed by atoms with van der Waals surface area (Å²) in [4.78, 5) is 48.5. The zero-order valence-electron chi connectivity index (χ0n) is 21.0. The van der Waals surface area contributed by atoms with Gasteiger partial charge in [-0.2, -0.15) is 5.10 Å². The predicted octanol–water partition coefficient (Wildman–Crippen LogP) is 4.11. The van der Waals surface area contributed by atoms with Gasteiger partial charge in [0.25, 0.3) is 11.8 Å². The summed E-state index contributed by atoms with van der Waals surface area (Å²) >= 11 is 0. The summed E-state index contributed by atoms with van der Waals surface area (Å²) < 4.78 is 0. The van der Waals surface area contributed by atoms with Crippen molar-refractivity contribution in [3.05, 3.63) is 60.0 Å². The van der Waals surface area contributed by atoms with Crippen LogP contribution in [0.1, 0.15) is 54.5 Å². The van der Waals surface area contributed by atoms with Crippen molar-refractivity contribution < 1.29 is 14.4 Å². The molecule has 0 saturated heterocycles. The molecule has 0 radical (unpaired) electrons. The molecule has 1 aromatic carbocycles. The third kappa shape index (κ3) is 4.95. The van der Waals surface area contributed by atoms with E-state index in [1.807, 2.05) is 39.0 Å². The second-order valence-electron chi connectivity index (χ2n) is 9.44. The van der Waals surface area contributed by atoms with Crippen LogP contribution < -0.4 is 15.5 Å². The van der Waals surface area contributed by atoms with Crippen LogP contribution in [-0.2, 0) is 4.79 Å². The van der Waals surface area contributed by atoms with Gasteiger partial charge in [-0.15, -0.1) is 0 Å². The van der Waals surface area contributed by atoms with Crippen LogP contribution >= 0.6 is 0 Å². The number of hydrogen-bond acceptors (Lipinski definition) is 5. The minimum atomic E-state index is -0.456. The molecule has 0 atom stereocenters. The first-order chi connectivity index (χ1) is 17.9. The Balaban J connectivity index is 1.51. The highest BCUT2D eigenvalue weighted by Gasteiger charge is 2.28. The number of rotatable bonds is 8. The van der Waals surface area contributed by atoms with E-state index in [2.05, 4.69) is 30.8 Å². The molecule has 1 saturated carbocycles. The smallest absolute Gasteiger partial charge is 0.275 e. The number of aromatic nitrogens is 4. The molecule has 4 N–H and O–H groups in total. The molecule has 5 rings (SSSR count). The van der Waals surface area contributed by atoms with Gasteiger partial charge in [0, 0.05) is 46.9 Å². The van der Waals surface area contributed by atoms with E-state index < -0.39 is 5.91 Å². The van der Waals surface area contributed by atoms with Crippen molar-refractivity contribution in [3.63, 3.8) is 0 Å². The third-order valence-corrected chi connectivity index (χ3v) is 6.32. The zero-order valence-corrected chi connectivity index (χ0v) is 21.0. The number of aromatic amines is 2. The molecule has 4 aromatic rings. The van der Waals surface area contributed by atoms with Crippen molar-refractivity contribution >= 4 is 40.1 Å². The van der Waals surface area contributed by atoms with Gasteiger partial charge in [-0.05, 0) is 50.1 Å². The molecule has 0 bridgehead atoms. The van der Waals surface area contributed by atoms with Crippen LogP contribution in [0.25, 0.3) is 22.2 Å². The van der Waals surface area contributed by atoms with Crippen LogP contribution in [0.15, 0.2) is 48.8 Å². The van der Waals surface area contributed by atoms with Crippen molar-refractivity contribution in [1.29, 1.82) is 0 Å². The number of H-pyrrole nitrogens is 2. The molecule has 1 aliphatic carbocycles. The van der Waals surface area contributed by atoms with Crippen molar-refractivity contribution in [2.24, 2.45) is 5.92 Å². The lowest BCUT2D eigenvalue weighted by molar-refractivity contribution is -0.121. The molecule has 37 heavy (non-hydrogen) atoms. The Labute approximate surface area is 213 Å². The molecule has 0 spiro atoms. The first kappa shape index (κ1) is 24.2. The molecule has 0 unspecified atom stereocenters. The highest BCUT2D eigenvalue weighted by atomic mass is 16.2. The second-order valence-corrected chi connectivity index (χ2v) is 9.44. The standard InChI is InChI=1S/C27H29N7O3/c1-4-34(27(37)15(2)3)18-10-11-19-22(12-18)32-24(23(19)26(36)30-17-8-9-17)33-25(35)21-7-5-6-20(31-21)16-13-28-29-14-16/h5-7,10-15,17,32H,4,8-9H2,1-3H3,(H,28,29)(H,30,36)(H,33,35). The van der Waals surface area contributed by atoms with Crippen LogP contribution in [0.3, 0.4) is 0 Å². The monoisotopic (exact) mass is 499 g/mol. The van der Waals surface area contributed by atoms with Gasteiger partial charge in [-0.3, -0.25) is 19.5 Å². The summed E-state index contributed by atoms with van der Waals surface area (Å²) in [6.07, 6.45) is 5.20. The molecule has 3 aromatic heterocycles. The number of fused-ring (bicyclic) bond motifs is 1. The summed E-state index contributed by atoms with van der Waals surface area (Å²) in [6.45, 7) is 6.16. The first-order valence-electron chi connectivity index (χ1n) is 12.4. The number of nitrogens with zero attached hydrogens (tertiary/aromatic N) is 3. The lowest BCUT2D eigenvalue weighted by atomic mass is 10.1. The van der Waals surface area contributed by atoms with E-state index in [0.717, 1.165) is 24.1 Å². The van der Waals surface area contributed by atoms with Gasteiger partial charge < -0.3 is 20.5 Å². The summed E-state index contributed by atoms with van der Waals surface area (Å²) in [5.41, 5.74) is 3.27. The Hall–Kier alpha value is -4.47. The Morgan fingerprint density at radius 2 is 1.95 bits per heavy atom. The Bertz CT molecular complexity index is 1470. The van der Waals surface area contributed by atoms with Crippen LogP contribution in [-0.4, -0.2) is 50.5 Å². The molecule has 10 nitrogen and oxygen atoms in total.